The molecule has 0 saturated carbocycles. The van der Waals surface area contributed by atoms with Gasteiger partial charge in [-0.05, 0) is 31.5 Å². The maximum atomic E-state index is 9.54. The minimum atomic E-state index is -0.591. The van der Waals surface area contributed by atoms with Gasteiger partial charge in [0.05, 0.1) is 12.2 Å². The molecule has 1 aromatic rings. The Morgan fingerprint density at radius 3 is 2.47 bits per heavy atom. The van der Waals surface area contributed by atoms with Crippen molar-refractivity contribution in [2.75, 3.05) is 26.7 Å². The maximum Gasteiger partial charge on any atom is 0.0938 e. The van der Waals surface area contributed by atoms with Crippen LogP contribution in [0.2, 0.25) is 0 Å². The molecule has 0 bridgehead atoms. The molecule has 0 spiro atoms. The van der Waals surface area contributed by atoms with Crippen molar-refractivity contribution >= 4 is 0 Å². The quantitative estimate of drug-likeness (QED) is 0.732. The number of nitrogens with zero attached hydrogens (tertiary/aromatic N) is 1. The van der Waals surface area contributed by atoms with E-state index >= 15 is 0 Å². The molecule has 106 valence electrons. The van der Waals surface area contributed by atoms with E-state index in [2.05, 4.69) is 41.4 Å². The Kier molecular flexibility index (Phi) is 4.93. The van der Waals surface area contributed by atoms with Gasteiger partial charge in [0.25, 0.3) is 0 Å². The number of aryl methyl sites for hydroxylation is 1. The van der Waals surface area contributed by atoms with Crippen LogP contribution in [0, 0.1) is 6.92 Å². The van der Waals surface area contributed by atoms with Crippen molar-refractivity contribution in [1.82, 2.24) is 10.2 Å². The highest BCUT2D eigenvalue weighted by atomic mass is 16.3. The zero-order valence-electron chi connectivity index (χ0n) is 11.7. The minimum Gasteiger partial charge on any atom is -0.389 e. The van der Waals surface area contributed by atoms with Crippen LogP contribution in [0.4, 0.5) is 0 Å². The lowest BCUT2D eigenvalue weighted by Gasteiger charge is -2.22. The van der Waals surface area contributed by atoms with E-state index in [4.69, 9.17) is 0 Å². The predicted octanol–water partition coefficient (Wildman–Crippen LogP) is 0.683. The Labute approximate surface area is 115 Å². The molecule has 19 heavy (non-hydrogen) atoms. The summed E-state index contributed by atoms with van der Waals surface area (Å²) in [6.45, 7) is 4.16. The first-order valence-corrected chi connectivity index (χ1v) is 6.93. The van der Waals surface area contributed by atoms with Gasteiger partial charge in [-0.2, -0.15) is 0 Å². The van der Waals surface area contributed by atoms with Crippen molar-refractivity contribution in [3.05, 3.63) is 35.4 Å². The zero-order chi connectivity index (χ0) is 13.8. The summed E-state index contributed by atoms with van der Waals surface area (Å²) in [5, 5.41) is 22.4. The largest absolute Gasteiger partial charge is 0.389 e. The molecule has 0 aliphatic carbocycles. The third-order valence-electron chi connectivity index (χ3n) is 3.98. The first-order valence-electron chi connectivity index (χ1n) is 6.93. The first-order chi connectivity index (χ1) is 9.11. The molecule has 4 heteroatoms. The fourth-order valence-electron chi connectivity index (χ4n) is 2.77. The second-order valence-corrected chi connectivity index (χ2v) is 5.38. The molecular formula is C15H24N2O2. The highest BCUT2D eigenvalue weighted by molar-refractivity contribution is 5.28. The number of hydrogen-bond acceptors (Lipinski definition) is 4. The number of likely N-dealkylation sites (tertiary alicyclic amines) is 1. The summed E-state index contributed by atoms with van der Waals surface area (Å²) in [6.07, 6.45) is -0.209. The van der Waals surface area contributed by atoms with Gasteiger partial charge in [-0.15, -0.1) is 0 Å². The molecule has 3 atom stereocenters. The number of benzene rings is 1. The predicted molar refractivity (Wildman–Crippen MR) is 76.1 cm³/mol. The summed E-state index contributed by atoms with van der Waals surface area (Å²) in [5.74, 6) is 0. The SMILES string of the molecule is CNC(CCN1CC(O)C(O)C1)c1ccccc1C. The highest BCUT2D eigenvalue weighted by Gasteiger charge is 2.29. The molecule has 1 aliphatic heterocycles. The third kappa shape index (κ3) is 3.54. The Morgan fingerprint density at radius 1 is 1.26 bits per heavy atom. The lowest BCUT2D eigenvalue weighted by Crippen LogP contribution is -2.28. The molecule has 1 saturated heterocycles. The van der Waals surface area contributed by atoms with Crippen molar-refractivity contribution in [3.63, 3.8) is 0 Å². The average Bonchev–Trinajstić information content (AvgIpc) is 2.71. The van der Waals surface area contributed by atoms with E-state index in [9.17, 15) is 10.2 Å². The summed E-state index contributed by atoms with van der Waals surface area (Å²) < 4.78 is 0. The lowest BCUT2D eigenvalue weighted by atomic mass is 9.99. The monoisotopic (exact) mass is 264 g/mol. The molecule has 1 aliphatic rings. The number of nitrogens with one attached hydrogen (secondary N) is 1. The number of aliphatic hydroxyl groups is 2. The fraction of sp³-hybridized carbons (Fsp3) is 0.600. The molecule has 0 aromatic heterocycles. The number of β-amino-alcohol motifs (C(OH)–C–C–N with tert-alkyl or cyclic N) is 2. The second-order valence-electron chi connectivity index (χ2n) is 5.38. The molecule has 0 radical (unpaired) electrons. The summed E-state index contributed by atoms with van der Waals surface area (Å²) in [7, 11) is 1.98. The maximum absolute atomic E-state index is 9.54. The van der Waals surface area contributed by atoms with Gasteiger partial charge in [0, 0.05) is 25.7 Å². The number of aliphatic hydroxyl groups excluding tert-OH is 2. The van der Waals surface area contributed by atoms with Gasteiger partial charge in [0.1, 0.15) is 0 Å². The summed E-state index contributed by atoms with van der Waals surface area (Å²) >= 11 is 0. The van der Waals surface area contributed by atoms with Crippen LogP contribution >= 0.6 is 0 Å². The normalized spacial score (nSPS) is 25.7. The van der Waals surface area contributed by atoms with Crippen molar-refractivity contribution < 1.29 is 10.2 Å². The molecule has 3 unspecified atom stereocenters. The number of rotatable bonds is 5. The second kappa shape index (κ2) is 6.48. The Hall–Kier alpha value is -0.940. The zero-order valence-corrected chi connectivity index (χ0v) is 11.7. The van der Waals surface area contributed by atoms with Crippen LogP contribution in [0.25, 0.3) is 0 Å². The van der Waals surface area contributed by atoms with Gasteiger partial charge in [-0.1, -0.05) is 24.3 Å². The van der Waals surface area contributed by atoms with E-state index in [0.717, 1.165) is 13.0 Å². The molecule has 1 aromatic carbocycles. The van der Waals surface area contributed by atoms with E-state index in [1.54, 1.807) is 0 Å². The van der Waals surface area contributed by atoms with Gasteiger partial charge >= 0.3 is 0 Å². The van der Waals surface area contributed by atoms with Crippen molar-refractivity contribution in [1.29, 1.82) is 0 Å². The van der Waals surface area contributed by atoms with Crippen LogP contribution in [-0.4, -0.2) is 54.0 Å². The molecular weight excluding hydrogens is 240 g/mol. The van der Waals surface area contributed by atoms with Crippen molar-refractivity contribution in [2.45, 2.75) is 31.6 Å². The van der Waals surface area contributed by atoms with E-state index in [-0.39, 0.29) is 0 Å². The highest BCUT2D eigenvalue weighted by Crippen LogP contribution is 2.21. The smallest absolute Gasteiger partial charge is 0.0938 e. The van der Waals surface area contributed by atoms with Crippen LogP contribution in [0.3, 0.4) is 0 Å². The van der Waals surface area contributed by atoms with Crippen molar-refractivity contribution in [2.24, 2.45) is 0 Å². The van der Waals surface area contributed by atoms with Gasteiger partial charge in [-0.25, -0.2) is 0 Å². The molecule has 0 amide bonds. The Balaban J connectivity index is 1.92. The fourth-order valence-corrected chi connectivity index (χ4v) is 2.77. The van der Waals surface area contributed by atoms with Crippen molar-refractivity contribution in [3.8, 4) is 0 Å². The summed E-state index contributed by atoms with van der Waals surface area (Å²) in [5.41, 5.74) is 2.62. The van der Waals surface area contributed by atoms with Crippen LogP contribution in [0.15, 0.2) is 24.3 Å². The molecule has 3 N–H and O–H groups in total. The van der Waals surface area contributed by atoms with Gasteiger partial charge < -0.3 is 15.5 Å². The van der Waals surface area contributed by atoms with Gasteiger partial charge in [0.15, 0.2) is 0 Å². The lowest BCUT2D eigenvalue weighted by molar-refractivity contribution is 0.0572. The first kappa shape index (κ1) is 14.5. The van der Waals surface area contributed by atoms with Crippen LogP contribution in [0.1, 0.15) is 23.6 Å². The van der Waals surface area contributed by atoms with Crippen LogP contribution in [0.5, 0.6) is 0 Å². The third-order valence-corrected chi connectivity index (χ3v) is 3.98. The Bertz CT molecular complexity index is 401. The summed E-state index contributed by atoms with van der Waals surface area (Å²) in [6, 6.07) is 8.72. The van der Waals surface area contributed by atoms with E-state index in [1.165, 1.54) is 11.1 Å². The van der Waals surface area contributed by atoms with Crippen LogP contribution < -0.4 is 5.32 Å². The van der Waals surface area contributed by atoms with Crippen LogP contribution in [-0.2, 0) is 0 Å². The van der Waals surface area contributed by atoms with Gasteiger partial charge in [-0.3, -0.25) is 4.90 Å². The van der Waals surface area contributed by atoms with E-state index < -0.39 is 12.2 Å². The topological polar surface area (TPSA) is 55.7 Å². The van der Waals surface area contributed by atoms with E-state index in [1.807, 2.05) is 7.05 Å². The molecule has 2 rings (SSSR count). The van der Waals surface area contributed by atoms with E-state index in [0.29, 0.717) is 19.1 Å². The molecule has 4 nitrogen and oxygen atoms in total. The molecule has 1 fully saturated rings. The number of hydrogen-bond donors (Lipinski definition) is 3. The minimum absolute atomic E-state index is 0.316. The average molecular weight is 264 g/mol. The summed E-state index contributed by atoms with van der Waals surface area (Å²) in [4.78, 5) is 2.12. The Morgan fingerprint density at radius 2 is 1.89 bits per heavy atom. The molecule has 1 heterocycles. The van der Waals surface area contributed by atoms with Gasteiger partial charge in [0.2, 0.25) is 0 Å². The standard InChI is InChI=1S/C15H24N2O2/c1-11-5-3-4-6-12(11)13(16-2)7-8-17-9-14(18)15(19)10-17/h3-6,13-16,18-19H,7-10H2,1-2H3.